The van der Waals surface area contributed by atoms with Gasteiger partial charge in [0.15, 0.2) is 0 Å². The molecule has 114 valence electrons. The van der Waals surface area contributed by atoms with Crippen LogP contribution in [0.5, 0.6) is 0 Å². The third-order valence-electron chi connectivity index (χ3n) is 3.19. The third kappa shape index (κ3) is 3.46. The number of hydrogen-bond donors (Lipinski definition) is 1. The highest BCUT2D eigenvalue weighted by Gasteiger charge is 2.07. The van der Waals surface area contributed by atoms with Crippen molar-refractivity contribution < 1.29 is 0 Å². The number of anilines is 1. The normalized spacial score (nSPS) is 9.58. The Morgan fingerprint density at radius 1 is 1.00 bits per heavy atom. The smallest absolute Gasteiger partial charge is 0.237 e. The third-order valence-corrected chi connectivity index (χ3v) is 4.08. The van der Waals surface area contributed by atoms with Crippen molar-refractivity contribution in [1.29, 1.82) is 10.5 Å². The second kappa shape index (κ2) is 7.19. The molecule has 0 fully saturated rings. The van der Waals surface area contributed by atoms with E-state index in [4.69, 9.17) is 10.5 Å². The molecule has 24 heavy (non-hydrogen) atoms. The van der Waals surface area contributed by atoms with Crippen LogP contribution in [0.1, 0.15) is 0 Å². The minimum Gasteiger partial charge on any atom is -0.276 e. The van der Waals surface area contributed by atoms with Gasteiger partial charge in [0.2, 0.25) is 5.71 Å². The van der Waals surface area contributed by atoms with Crippen molar-refractivity contribution in [3.8, 4) is 34.0 Å². The van der Waals surface area contributed by atoms with E-state index in [1.807, 2.05) is 60.0 Å². The molecule has 0 saturated carbocycles. The topological polar surface area (TPSA) is 84.9 Å². The van der Waals surface area contributed by atoms with Gasteiger partial charge in [-0.1, -0.05) is 42.5 Å². The van der Waals surface area contributed by atoms with Gasteiger partial charge in [-0.15, -0.1) is 11.3 Å². The number of nitrogens with one attached hydrogen (secondary N) is 1. The zero-order valence-electron chi connectivity index (χ0n) is 12.5. The van der Waals surface area contributed by atoms with Gasteiger partial charge in [0.25, 0.3) is 0 Å². The molecule has 3 aromatic rings. The molecule has 0 spiro atoms. The van der Waals surface area contributed by atoms with Gasteiger partial charge in [0.05, 0.1) is 11.4 Å². The molecule has 0 aliphatic heterocycles. The molecule has 0 atom stereocenters. The molecule has 3 rings (SSSR count). The van der Waals surface area contributed by atoms with Crippen LogP contribution in [-0.2, 0) is 0 Å². The maximum Gasteiger partial charge on any atom is 0.237 e. The lowest BCUT2D eigenvalue weighted by Gasteiger charge is -2.02. The predicted octanol–water partition coefficient (Wildman–Crippen LogP) is 4.29. The fourth-order valence-electron chi connectivity index (χ4n) is 2.07. The maximum absolute atomic E-state index is 8.70. The number of hydrazone groups is 1. The highest BCUT2D eigenvalue weighted by molar-refractivity contribution is 7.13. The van der Waals surface area contributed by atoms with Crippen LogP contribution in [0.2, 0.25) is 0 Å². The average Bonchev–Trinajstić information content (AvgIpc) is 3.14. The first-order valence-electron chi connectivity index (χ1n) is 7.05. The Labute approximate surface area is 143 Å². The second-order valence-corrected chi connectivity index (χ2v) is 5.64. The van der Waals surface area contributed by atoms with Gasteiger partial charge in [-0.25, -0.2) is 4.98 Å². The lowest BCUT2D eigenvalue weighted by Crippen LogP contribution is -1.96. The fourth-order valence-corrected chi connectivity index (χ4v) is 2.89. The Bertz CT molecular complexity index is 945. The summed E-state index contributed by atoms with van der Waals surface area (Å²) in [5, 5.41) is 24.0. The summed E-state index contributed by atoms with van der Waals surface area (Å²) in [6, 6.07) is 20.9. The van der Waals surface area contributed by atoms with Crippen LogP contribution >= 0.6 is 11.3 Å². The predicted molar refractivity (Wildman–Crippen MR) is 95.3 cm³/mol. The van der Waals surface area contributed by atoms with Crippen LogP contribution in [0.15, 0.2) is 65.1 Å². The zero-order chi connectivity index (χ0) is 16.8. The lowest BCUT2D eigenvalue weighted by molar-refractivity contribution is 1.33. The van der Waals surface area contributed by atoms with Crippen molar-refractivity contribution in [2.24, 2.45) is 5.10 Å². The lowest BCUT2D eigenvalue weighted by atomic mass is 10.2. The second-order valence-electron chi connectivity index (χ2n) is 4.78. The van der Waals surface area contributed by atoms with Crippen LogP contribution in [-0.4, -0.2) is 10.7 Å². The van der Waals surface area contributed by atoms with Gasteiger partial charge in [-0.3, -0.25) is 5.43 Å². The molecule has 0 saturated heterocycles. The van der Waals surface area contributed by atoms with E-state index in [1.165, 1.54) is 0 Å². The van der Waals surface area contributed by atoms with Crippen LogP contribution < -0.4 is 5.43 Å². The van der Waals surface area contributed by atoms with Gasteiger partial charge in [0.1, 0.15) is 17.1 Å². The van der Waals surface area contributed by atoms with Crippen molar-refractivity contribution in [2.75, 3.05) is 5.43 Å². The Hall–Kier alpha value is -3.48. The Morgan fingerprint density at radius 3 is 2.50 bits per heavy atom. The van der Waals surface area contributed by atoms with E-state index in [1.54, 1.807) is 23.5 Å². The minimum atomic E-state index is -0.221. The number of benzene rings is 2. The van der Waals surface area contributed by atoms with Gasteiger partial charge in [0, 0.05) is 16.5 Å². The quantitative estimate of drug-likeness (QED) is 0.571. The largest absolute Gasteiger partial charge is 0.276 e. The highest BCUT2D eigenvalue weighted by Crippen LogP contribution is 2.30. The first-order chi connectivity index (χ1) is 11.8. The summed E-state index contributed by atoms with van der Waals surface area (Å²) in [4.78, 5) is 4.67. The summed E-state index contributed by atoms with van der Waals surface area (Å²) in [6.45, 7) is 0. The molecule has 0 aliphatic carbocycles. The monoisotopic (exact) mass is 329 g/mol. The van der Waals surface area contributed by atoms with Crippen molar-refractivity contribution in [2.45, 2.75) is 0 Å². The minimum absolute atomic E-state index is 0.221. The number of nitrogens with zero attached hydrogens (tertiary/aromatic N) is 4. The molecular formula is C18H11N5S. The number of nitriles is 2. The summed E-state index contributed by atoms with van der Waals surface area (Å²) in [7, 11) is 0. The molecule has 5 nitrogen and oxygen atoms in total. The first kappa shape index (κ1) is 15.4. The fraction of sp³-hybridized carbons (Fsp3) is 0. The molecule has 1 aromatic heterocycles. The molecule has 0 radical (unpaired) electrons. The van der Waals surface area contributed by atoms with E-state index in [0.29, 0.717) is 5.69 Å². The van der Waals surface area contributed by atoms with Crippen molar-refractivity contribution in [3.05, 3.63) is 60.0 Å². The van der Waals surface area contributed by atoms with E-state index in [2.05, 4.69) is 15.5 Å². The van der Waals surface area contributed by atoms with Gasteiger partial charge >= 0.3 is 0 Å². The van der Waals surface area contributed by atoms with Crippen LogP contribution in [0.4, 0.5) is 5.69 Å². The molecular weight excluding hydrogens is 318 g/mol. The summed E-state index contributed by atoms with van der Waals surface area (Å²) in [5.74, 6) is 0. The van der Waals surface area contributed by atoms with Gasteiger partial charge < -0.3 is 0 Å². The molecule has 0 amide bonds. The van der Waals surface area contributed by atoms with Crippen molar-refractivity contribution in [3.63, 3.8) is 0 Å². The van der Waals surface area contributed by atoms with E-state index in [-0.39, 0.29) is 5.71 Å². The molecule has 0 bridgehead atoms. The van der Waals surface area contributed by atoms with E-state index in [9.17, 15) is 0 Å². The molecule has 1 N–H and O–H groups in total. The molecule has 0 unspecified atom stereocenters. The van der Waals surface area contributed by atoms with Crippen LogP contribution in [0.25, 0.3) is 21.8 Å². The number of thiazole rings is 1. The van der Waals surface area contributed by atoms with E-state index in [0.717, 1.165) is 21.8 Å². The summed E-state index contributed by atoms with van der Waals surface area (Å²) >= 11 is 1.56. The standard InChI is InChI=1S/C18H11N5S/c19-10-16(11-20)23-22-15-8-4-7-14(9-15)18-21-17(12-24-18)13-5-2-1-3-6-13/h1-9,12,22H. The van der Waals surface area contributed by atoms with E-state index >= 15 is 0 Å². The van der Waals surface area contributed by atoms with Gasteiger partial charge in [-0.2, -0.15) is 15.6 Å². The molecule has 6 heteroatoms. The van der Waals surface area contributed by atoms with Crippen LogP contribution in [0.3, 0.4) is 0 Å². The zero-order valence-corrected chi connectivity index (χ0v) is 13.3. The summed E-state index contributed by atoms with van der Waals surface area (Å²) in [5.41, 5.74) is 6.13. The highest BCUT2D eigenvalue weighted by atomic mass is 32.1. The molecule has 1 heterocycles. The van der Waals surface area contributed by atoms with E-state index < -0.39 is 0 Å². The van der Waals surface area contributed by atoms with Crippen molar-refractivity contribution in [1.82, 2.24) is 4.98 Å². The summed E-state index contributed by atoms with van der Waals surface area (Å²) < 4.78 is 0. The Morgan fingerprint density at radius 2 is 1.75 bits per heavy atom. The van der Waals surface area contributed by atoms with Gasteiger partial charge in [-0.05, 0) is 12.1 Å². The number of rotatable bonds is 4. The Kier molecular flexibility index (Phi) is 4.62. The summed E-state index contributed by atoms with van der Waals surface area (Å²) in [6.07, 6.45) is 0. The first-order valence-corrected chi connectivity index (χ1v) is 7.93. The SMILES string of the molecule is N#CC(C#N)=NNc1cccc(-c2nc(-c3ccccc3)cs2)c1. The average molecular weight is 329 g/mol. The van der Waals surface area contributed by atoms with Crippen LogP contribution in [0, 0.1) is 22.7 Å². The number of hydrogen-bond acceptors (Lipinski definition) is 6. The maximum atomic E-state index is 8.70. The number of aromatic nitrogens is 1. The molecule has 0 aliphatic rings. The molecule has 2 aromatic carbocycles. The Balaban J connectivity index is 1.85. The van der Waals surface area contributed by atoms with Crippen molar-refractivity contribution >= 4 is 22.7 Å².